The number of hydrogen-bond donors (Lipinski definition) is 2. The van der Waals surface area contributed by atoms with E-state index in [-0.39, 0.29) is 11.8 Å². The number of carbonyl (C=O) groups excluding carboxylic acids is 3. The summed E-state index contributed by atoms with van der Waals surface area (Å²) in [5.74, 6) is 0.130. The van der Waals surface area contributed by atoms with Crippen molar-refractivity contribution in [3.63, 3.8) is 0 Å². The van der Waals surface area contributed by atoms with Crippen molar-refractivity contribution in [3.05, 3.63) is 65.2 Å². The van der Waals surface area contributed by atoms with Crippen LogP contribution in [0.3, 0.4) is 0 Å². The van der Waals surface area contributed by atoms with Crippen LogP contribution in [0.5, 0.6) is 5.75 Å². The summed E-state index contributed by atoms with van der Waals surface area (Å²) in [6.07, 6.45) is 1.98. The number of ether oxygens (including phenoxy) is 1. The molecule has 1 aliphatic rings. The van der Waals surface area contributed by atoms with Gasteiger partial charge in [0.1, 0.15) is 5.75 Å². The standard InChI is InChI=1S/C19H18N4O4/c20-19(26)22-21-12-13-6-8-14(9-7-13)27-11-3-10-23-17(24)15-4-1-2-5-16(15)18(23)25/h1-2,4-9,12H,3,10-11H2,(H3,20,22,26). The van der Waals surface area contributed by atoms with E-state index in [0.717, 1.165) is 5.56 Å². The highest BCUT2D eigenvalue weighted by atomic mass is 16.5. The van der Waals surface area contributed by atoms with Crippen LogP contribution in [0.1, 0.15) is 32.7 Å². The Morgan fingerprint density at radius 3 is 2.30 bits per heavy atom. The number of amides is 4. The quantitative estimate of drug-likeness (QED) is 0.336. The number of benzene rings is 2. The maximum Gasteiger partial charge on any atom is 0.332 e. The molecule has 0 spiro atoms. The molecule has 1 aliphatic heterocycles. The lowest BCUT2D eigenvalue weighted by atomic mass is 10.1. The van der Waals surface area contributed by atoms with Crippen molar-refractivity contribution in [3.8, 4) is 5.75 Å². The number of nitrogens with one attached hydrogen (secondary N) is 1. The van der Waals surface area contributed by atoms with Crippen molar-refractivity contribution in [1.29, 1.82) is 0 Å². The van der Waals surface area contributed by atoms with Crippen LogP contribution in [-0.4, -0.2) is 42.1 Å². The largest absolute Gasteiger partial charge is 0.494 e. The summed E-state index contributed by atoms with van der Waals surface area (Å²) in [6, 6.07) is 13.1. The van der Waals surface area contributed by atoms with Crippen LogP contribution in [0.4, 0.5) is 4.79 Å². The third kappa shape index (κ3) is 4.30. The average molecular weight is 366 g/mol. The van der Waals surface area contributed by atoms with Crippen molar-refractivity contribution in [2.24, 2.45) is 10.8 Å². The molecule has 3 rings (SSSR count). The molecule has 0 unspecified atom stereocenters. The molecule has 138 valence electrons. The molecule has 8 heteroatoms. The van der Waals surface area contributed by atoms with E-state index in [1.807, 2.05) is 0 Å². The highest BCUT2D eigenvalue weighted by Crippen LogP contribution is 2.22. The summed E-state index contributed by atoms with van der Waals surface area (Å²) in [4.78, 5) is 36.3. The first-order chi connectivity index (χ1) is 13.1. The summed E-state index contributed by atoms with van der Waals surface area (Å²) in [5, 5.41) is 3.66. The lowest BCUT2D eigenvalue weighted by Crippen LogP contribution is -2.31. The molecule has 2 aromatic rings. The Labute approximate surface area is 155 Å². The zero-order valence-electron chi connectivity index (χ0n) is 14.4. The minimum Gasteiger partial charge on any atom is -0.494 e. The van der Waals surface area contributed by atoms with Crippen molar-refractivity contribution in [1.82, 2.24) is 10.3 Å². The summed E-state index contributed by atoms with van der Waals surface area (Å²) in [7, 11) is 0. The molecule has 0 saturated heterocycles. The number of hydrogen-bond acceptors (Lipinski definition) is 5. The monoisotopic (exact) mass is 366 g/mol. The van der Waals surface area contributed by atoms with Gasteiger partial charge in [-0.05, 0) is 48.4 Å². The Morgan fingerprint density at radius 1 is 1.07 bits per heavy atom. The number of urea groups is 1. The Morgan fingerprint density at radius 2 is 1.70 bits per heavy atom. The number of rotatable bonds is 7. The SMILES string of the molecule is NC(=O)NN=Cc1ccc(OCCCN2C(=O)c3ccccc3C2=O)cc1. The molecule has 0 saturated carbocycles. The third-order valence-electron chi connectivity index (χ3n) is 3.94. The summed E-state index contributed by atoms with van der Waals surface area (Å²) in [6.45, 7) is 0.667. The van der Waals surface area contributed by atoms with E-state index in [1.165, 1.54) is 11.1 Å². The van der Waals surface area contributed by atoms with Gasteiger partial charge in [0.25, 0.3) is 11.8 Å². The minimum absolute atomic E-state index is 0.260. The van der Waals surface area contributed by atoms with Crippen molar-refractivity contribution >= 4 is 24.1 Å². The van der Waals surface area contributed by atoms with E-state index in [2.05, 4.69) is 10.5 Å². The van der Waals surface area contributed by atoms with Gasteiger partial charge in [0.05, 0.1) is 23.9 Å². The second kappa shape index (κ2) is 8.13. The molecular weight excluding hydrogens is 348 g/mol. The van der Waals surface area contributed by atoms with Crippen LogP contribution in [0.25, 0.3) is 0 Å². The zero-order chi connectivity index (χ0) is 19.2. The number of hydrazone groups is 1. The molecule has 3 N–H and O–H groups in total. The minimum atomic E-state index is -0.732. The van der Waals surface area contributed by atoms with E-state index >= 15 is 0 Å². The summed E-state index contributed by atoms with van der Waals surface area (Å²) < 4.78 is 5.63. The molecule has 0 bridgehead atoms. The molecule has 0 aromatic heterocycles. The smallest absolute Gasteiger partial charge is 0.332 e. The predicted molar refractivity (Wildman–Crippen MR) is 98.7 cm³/mol. The normalized spacial score (nSPS) is 13.1. The Balaban J connectivity index is 1.46. The fourth-order valence-corrected chi connectivity index (χ4v) is 2.68. The van der Waals surface area contributed by atoms with E-state index in [4.69, 9.17) is 10.5 Å². The molecule has 0 fully saturated rings. The van der Waals surface area contributed by atoms with Crippen LogP contribution in [-0.2, 0) is 0 Å². The van der Waals surface area contributed by atoms with Gasteiger partial charge in [0.2, 0.25) is 0 Å². The number of nitrogens with two attached hydrogens (primary N) is 1. The molecule has 1 heterocycles. The maximum atomic E-state index is 12.3. The number of carbonyl (C=O) groups is 3. The molecular formula is C19H18N4O4. The van der Waals surface area contributed by atoms with Gasteiger partial charge in [-0.25, -0.2) is 10.2 Å². The lowest BCUT2D eigenvalue weighted by Gasteiger charge is -2.14. The molecule has 0 radical (unpaired) electrons. The zero-order valence-corrected chi connectivity index (χ0v) is 14.4. The van der Waals surface area contributed by atoms with Gasteiger partial charge in [-0.2, -0.15) is 5.10 Å². The lowest BCUT2D eigenvalue weighted by molar-refractivity contribution is 0.0646. The van der Waals surface area contributed by atoms with E-state index < -0.39 is 6.03 Å². The Bertz CT molecular complexity index is 858. The Hall–Kier alpha value is -3.68. The van der Waals surface area contributed by atoms with E-state index in [1.54, 1.807) is 48.5 Å². The van der Waals surface area contributed by atoms with Crippen molar-refractivity contribution in [2.45, 2.75) is 6.42 Å². The predicted octanol–water partition coefficient (Wildman–Crippen LogP) is 1.75. The fraction of sp³-hybridized carbons (Fsp3) is 0.158. The first kappa shape index (κ1) is 18.1. The Kier molecular flexibility index (Phi) is 5.46. The third-order valence-corrected chi connectivity index (χ3v) is 3.94. The topological polar surface area (TPSA) is 114 Å². The number of fused-ring (bicyclic) bond motifs is 1. The van der Waals surface area contributed by atoms with Crippen LogP contribution in [0.2, 0.25) is 0 Å². The second-order valence-corrected chi connectivity index (χ2v) is 5.81. The van der Waals surface area contributed by atoms with Crippen LogP contribution in [0.15, 0.2) is 53.6 Å². The van der Waals surface area contributed by atoms with Gasteiger partial charge in [0.15, 0.2) is 0 Å². The van der Waals surface area contributed by atoms with Gasteiger partial charge >= 0.3 is 6.03 Å². The van der Waals surface area contributed by atoms with Gasteiger partial charge < -0.3 is 10.5 Å². The van der Waals surface area contributed by atoms with Gasteiger partial charge in [-0.15, -0.1) is 0 Å². The van der Waals surface area contributed by atoms with Crippen molar-refractivity contribution in [2.75, 3.05) is 13.2 Å². The first-order valence-electron chi connectivity index (χ1n) is 8.33. The second-order valence-electron chi connectivity index (χ2n) is 5.81. The van der Waals surface area contributed by atoms with Gasteiger partial charge in [-0.1, -0.05) is 12.1 Å². The molecule has 4 amide bonds. The average Bonchev–Trinajstić information content (AvgIpc) is 2.91. The van der Waals surface area contributed by atoms with Gasteiger partial charge in [0, 0.05) is 6.54 Å². The molecule has 0 atom stereocenters. The molecule has 2 aromatic carbocycles. The number of imide groups is 1. The maximum absolute atomic E-state index is 12.3. The van der Waals surface area contributed by atoms with Crippen LogP contribution in [0, 0.1) is 0 Å². The highest BCUT2D eigenvalue weighted by Gasteiger charge is 2.34. The van der Waals surface area contributed by atoms with Gasteiger partial charge in [-0.3, -0.25) is 14.5 Å². The van der Waals surface area contributed by atoms with Crippen molar-refractivity contribution < 1.29 is 19.1 Å². The fourth-order valence-electron chi connectivity index (χ4n) is 2.68. The summed E-state index contributed by atoms with van der Waals surface area (Å²) in [5.41, 5.74) is 8.68. The highest BCUT2D eigenvalue weighted by molar-refractivity contribution is 6.21. The van der Waals surface area contributed by atoms with E-state index in [0.29, 0.717) is 36.4 Å². The summed E-state index contributed by atoms with van der Waals surface area (Å²) >= 11 is 0. The first-order valence-corrected chi connectivity index (χ1v) is 8.33. The molecule has 8 nitrogen and oxygen atoms in total. The molecule has 0 aliphatic carbocycles. The van der Waals surface area contributed by atoms with E-state index in [9.17, 15) is 14.4 Å². The molecule has 27 heavy (non-hydrogen) atoms. The number of primary amides is 1. The van der Waals surface area contributed by atoms with Crippen LogP contribution >= 0.6 is 0 Å². The number of nitrogens with zero attached hydrogens (tertiary/aromatic N) is 2. The van der Waals surface area contributed by atoms with Crippen LogP contribution < -0.4 is 15.9 Å².